The van der Waals surface area contributed by atoms with Crippen LogP contribution in [0.2, 0.25) is 0 Å². The van der Waals surface area contributed by atoms with Gasteiger partial charge in [-0.05, 0) is 18.9 Å². The van der Waals surface area contributed by atoms with E-state index in [0.717, 1.165) is 32.7 Å². The molecule has 1 heterocycles. The molecular weight excluding hydrogens is 375 g/mol. The van der Waals surface area contributed by atoms with E-state index < -0.39 is 12.8 Å². The lowest BCUT2D eigenvalue weighted by atomic mass is 10.1. The smallest absolute Gasteiger partial charge is 0.422 e. The highest BCUT2D eigenvalue weighted by Crippen LogP contribution is 2.22. The number of halogens is 3. The van der Waals surface area contributed by atoms with Crippen LogP contribution < -0.4 is 15.4 Å². The Balaban J connectivity index is 1.66. The summed E-state index contributed by atoms with van der Waals surface area (Å²) in [7, 11) is 1.64. The molecule has 0 saturated carbocycles. The van der Waals surface area contributed by atoms with Gasteiger partial charge in [-0.2, -0.15) is 13.2 Å². The fraction of sp³-hybridized carbons (Fsp3) is 0.632. The number of guanidine groups is 1. The minimum Gasteiger partial charge on any atom is -0.484 e. The van der Waals surface area contributed by atoms with Gasteiger partial charge in [0.25, 0.3) is 0 Å². The Bertz CT molecular complexity index is 606. The molecule has 2 N–H and O–H groups in total. The summed E-state index contributed by atoms with van der Waals surface area (Å²) in [4.78, 5) is 4.12. The first-order chi connectivity index (χ1) is 13.5. The van der Waals surface area contributed by atoms with Crippen LogP contribution in [0.25, 0.3) is 0 Å². The van der Waals surface area contributed by atoms with Crippen LogP contribution in [0.3, 0.4) is 0 Å². The van der Waals surface area contributed by atoms with Gasteiger partial charge in [-0.25, -0.2) is 0 Å². The number of rotatable bonds is 10. The highest BCUT2D eigenvalue weighted by molar-refractivity contribution is 5.79. The highest BCUT2D eigenvalue weighted by atomic mass is 19.4. The summed E-state index contributed by atoms with van der Waals surface area (Å²) in [6, 6.07) is 6.62. The van der Waals surface area contributed by atoms with Crippen molar-refractivity contribution in [2.24, 2.45) is 10.9 Å². The topological polar surface area (TPSA) is 64.1 Å². The zero-order chi connectivity index (χ0) is 20.2. The average molecular weight is 403 g/mol. The van der Waals surface area contributed by atoms with Crippen molar-refractivity contribution in [3.8, 4) is 5.75 Å². The number of aliphatic imine (C=N–C) groups is 1. The van der Waals surface area contributed by atoms with Crippen molar-refractivity contribution in [3.63, 3.8) is 0 Å². The molecular formula is C19H28F3N3O3. The molecule has 1 atom stereocenters. The van der Waals surface area contributed by atoms with E-state index in [0.29, 0.717) is 37.1 Å². The molecule has 0 aliphatic carbocycles. The number of ether oxygens (including phenoxy) is 3. The quantitative estimate of drug-likeness (QED) is 0.357. The number of hydrogen-bond donors (Lipinski definition) is 2. The molecule has 0 bridgehead atoms. The van der Waals surface area contributed by atoms with Crippen LogP contribution in [0.15, 0.2) is 29.3 Å². The van der Waals surface area contributed by atoms with Crippen LogP contribution in [0, 0.1) is 5.92 Å². The second-order valence-corrected chi connectivity index (χ2v) is 6.52. The molecule has 28 heavy (non-hydrogen) atoms. The fourth-order valence-corrected chi connectivity index (χ4v) is 2.70. The molecule has 1 aromatic carbocycles. The van der Waals surface area contributed by atoms with Crippen LogP contribution in [-0.4, -0.2) is 58.8 Å². The summed E-state index contributed by atoms with van der Waals surface area (Å²) >= 11 is 0. The van der Waals surface area contributed by atoms with Crippen molar-refractivity contribution in [1.82, 2.24) is 10.6 Å². The molecule has 158 valence electrons. The molecule has 0 aromatic heterocycles. The third kappa shape index (κ3) is 8.79. The number of nitrogens with zero attached hydrogens (tertiary/aromatic N) is 1. The van der Waals surface area contributed by atoms with Gasteiger partial charge in [0, 0.05) is 44.8 Å². The SMILES string of the molecule is CN=C(NCCCOCC1CCOC1)NCc1ccccc1OCC(F)(F)F. The number of nitrogens with one attached hydrogen (secondary N) is 2. The molecule has 1 aliphatic rings. The standard InChI is InChI=1S/C19H28F3N3O3/c1-23-18(24-8-4-9-26-12-15-7-10-27-13-15)25-11-16-5-2-3-6-17(16)28-14-19(20,21)22/h2-3,5-6,15H,4,7-14H2,1H3,(H2,23,24,25). The molecule has 0 amide bonds. The van der Waals surface area contributed by atoms with E-state index in [2.05, 4.69) is 15.6 Å². The Kier molecular flexibility index (Phi) is 9.36. The number of alkyl halides is 3. The van der Waals surface area contributed by atoms with Crippen molar-refractivity contribution < 1.29 is 27.4 Å². The number of hydrogen-bond acceptors (Lipinski definition) is 4. The summed E-state index contributed by atoms with van der Waals surface area (Å²) in [6.45, 7) is 2.63. The molecule has 6 nitrogen and oxygen atoms in total. The predicted octanol–water partition coefficient (Wildman–Crippen LogP) is 2.74. The van der Waals surface area contributed by atoms with Crippen molar-refractivity contribution in [2.45, 2.75) is 25.6 Å². The van der Waals surface area contributed by atoms with Gasteiger partial charge in [0.2, 0.25) is 0 Å². The van der Waals surface area contributed by atoms with E-state index in [9.17, 15) is 13.2 Å². The van der Waals surface area contributed by atoms with Gasteiger partial charge in [0.15, 0.2) is 12.6 Å². The molecule has 1 saturated heterocycles. The second-order valence-electron chi connectivity index (χ2n) is 6.52. The van der Waals surface area contributed by atoms with Crippen LogP contribution in [0.5, 0.6) is 5.75 Å². The van der Waals surface area contributed by atoms with Gasteiger partial charge in [0.1, 0.15) is 5.75 Å². The maximum atomic E-state index is 12.4. The molecule has 1 unspecified atom stereocenters. The molecule has 1 aromatic rings. The van der Waals surface area contributed by atoms with Crippen LogP contribution in [-0.2, 0) is 16.0 Å². The van der Waals surface area contributed by atoms with Gasteiger partial charge >= 0.3 is 6.18 Å². The molecule has 0 radical (unpaired) electrons. The van der Waals surface area contributed by atoms with Crippen LogP contribution >= 0.6 is 0 Å². The van der Waals surface area contributed by atoms with Gasteiger partial charge in [-0.1, -0.05) is 18.2 Å². The van der Waals surface area contributed by atoms with Crippen molar-refractivity contribution in [2.75, 3.05) is 46.6 Å². The van der Waals surface area contributed by atoms with Crippen molar-refractivity contribution in [1.29, 1.82) is 0 Å². The molecule has 1 aliphatic heterocycles. The Morgan fingerprint density at radius 3 is 2.82 bits per heavy atom. The first kappa shape index (κ1) is 22.3. The minimum absolute atomic E-state index is 0.201. The maximum absolute atomic E-state index is 12.4. The zero-order valence-electron chi connectivity index (χ0n) is 16.1. The minimum atomic E-state index is -4.37. The van der Waals surface area contributed by atoms with E-state index in [-0.39, 0.29) is 5.75 Å². The van der Waals surface area contributed by atoms with Gasteiger partial charge in [-0.15, -0.1) is 0 Å². The average Bonchev–Trinajstić information content (AvgIpc) is 3.18. The van der Waals surface area contributed by atoms with Gasteiger partial charge in [-0.3, -0.25) is 4.99 Å². The summed E-state index contributed by atoms with van der Waals surface area (Å²) < 4.78 is 52.9. The van der Waals surface area contributed by atoms with Crippen molar-refractivity contribution >= 4 is 5.96 Å². The highest BCUT2D eigenvalue weighted by Gasteiger charge is 2.28. The monoisotopic (exact) mass is 403 g/mol. The third-order valence-corrected chi connectivity index (χ3v) is 4.17. The summed E-state index contributed by atoms with van der Waals surface area (Å²) in [5.41, 5.74) is 0.622. The maximum Gasteiger partial charge on any atom is 0.422 e. The number of benzene rings is 1. The van der Waals surface area contributed by atoms with Crippen molar-refractivity contribution in [3.05, 3.63) is 29.8 Å². The normalized spacial score (nSPS) is 17.6. The summed E-state index contributed by atoms with van der Waals surface area (Å²) in [6.07, 6.45) is -2.49. The largest absolute Gasteiger partial charge is 0.484 e. The molecule has 9 heteroatoms. The predicted molar refractivity (Wildman–Crippen MR) is 101 cm³/mol. The van der Waals surface area contributed by atoms with E-state index in [1.165, 1.54) is 6.07 Å². The van der Waals surface area contributed by atoms with Crippen LogP contribution in [0.1, 0.15) is 18.4 Å². The lowest BCUT2D eigenvalue weighted by molar-refractivity contribution is -0.153. The Hall–Kier alpha value is -2.00. The lowest BCUT2D eigenvalue weighted by Gasteiger charge is -2.15. The van der Waals surface area contributed by atoms with E-state index in [4.69, 9.17) is 14.2 Å². The number of para-hydroxylation sites is 1. The molecule has 1 fully saturated rings. The summed E-state index contributed by atoms with van der Waals surface area (Å²) in [5, 5.41) is 6.24. The van der Waals surface area contributed by atoms with E-state index >= 15 is 0 Å². The fourth-order valence-electron chi connectivity index (χ4n) is 2.70. The first-order valence-corrected chi connectivity index (χ1v) is 9.35. The van der Waals surface area contributed by atoms with Gasteiger partial charge in [0.05, 0.1) is 13.2 Å². The second kappa shape index (κ2) is 11.8. The Morgan fingerprint density at radius 1 is 1.29 bits per heavy atom. The Morgan fingerprint density at radius 2 is 2.11 bits per heavy atom. The third-order valence-electron chi connectivity index (χ3n) is 4.17. The first-order valence-electron chi connectivity index (χ1n) is 9.35. The van der Waals surface area contributed by atoms with Gasteiger partial charge < -0.3 is 24.8 Å². The Labute approximate surface area is 163 Å². The molecule has 0 spiro atoms. The molecule has 2 rings (SSSR count). The van der Waals surface area contributed by atoms with E-state index in [1.54, 1.807) is 25.2 Å². The lowest BCUT2D eigenvalue weighted by Crippen LogP contribution is -2.37. The zero-order valence-corrected chi connectivity index (χ0v) is 16.1. The van der Waals surface area contributed by atoms with Crippen LogP contribution in [0.4, 0.5) is 13.2 Å². The summed E-state index contributed by atoms with van der Waals surface area (Å²) in [5.74, 6) is 1.27. The van der Waals surface area contributed by atoms with E-state index in [1.807, 2.05) is 0 Å².